The Morgan fingerprint density at radius 3 is 2.37 bits per heavy atom. The molecular weight excluding hydrogens is 351 g/mol. The molecule has 0 aliphatic carbocycles. The maximum absolute atomic E-state index is 4.16. The van der Waals surface area contributed by atoms with Gasteiger partial charge in [0.25, 0.3) is 0 Å². The van der Waals surface area contributed by atoms with Crippen molar-refractivity contribution in [3.8, 4) is 0 Å². The second kappa shape index (κ2) is 12.1. The van der Waals surface area contributed by atoms with Gasteiger partial charge in [0.15, 0.2) is 5.96 Å². The van der Waals surface area contributed by atoms with E-state index in [-0.39, 0.29) is 24.0 Å². The van der Waals surface area contributed by atoms with Crippen LogP contribution < -0.4 is 16.0 Å². The summed E-state index contributed by atoms with van der Waals surface area (Å²) in [5.74, 6) is 0.886. The van der Waals surface area contributed by atoms with Crippen LogP contribution >= 0.6 is 24.0 Å². The standard InChI is InChI=1S/C14H24N4.HI/c1-3-10-17-14(15-2)18-12-7-11-16-13-8-5-4-6-9-13;/h4-6,8-9,16H,3,7,10-12H2,1-2H3,(H2,15,17,18);1H. The molecule has 0 spiro atoms. The Morgan fingerprint density at radius 2 is 1.74 bits per heavy atom. The van der Waals surface area contributed by atoms with E-state index in [2.05, 4.69) is 40.0 Å². The molecular formula is C14H25IN4. The van der Waals surface area contributed by atoms with Crippen molar-refractivity contribution in [3.63, 3.8) is 0 Å². The topological polar surface area (TPSA) is 48.5 Å². The highest BCUT2D eigenvalue weighted by molar-refractivity contribution is 14.0. The predicted molar refractivity (Wildman–Crippen MR) is 94.6 cm³/mol. The molecule has 0 radical (unpaired) electrons. The van der Waals surface area contributed by atoms with Crippen molar-refractivity contribution in [2.45, 2.75) is 19.8 Å². The van der Waals surface area contributed by atoms with Crippen LogP contribution in [0.4, 0.5) is 5.69 Å². The molecule has 0 fully saturated rings. The van der Waals surface area contributed by atoms with Crippen LogP contribution in [0, 0.1) is 0 Å². The highest BCUT2D eigenvalue weighted by Gasteiger charge is 1.95. The van der Waals surface area contributed by atoms with E-state index in [9.17, 15) is 0 Å². The molecule has 1 rings (SSSR count). The van der Waals surface area contributed by atoms with Crippen LogP contribution in [0.1, 0.15) is 19.8 Å². The van der Waals surface area contributed by atoms with Crippen LogP contribution in [0.15, 0.2) is 35.3 Å². The Morgan fingerprint density at radius 1 is 1.05 bits per heavy atom. The second-order valence-corrected chi connectivity index (χ2v) is 4.07. The third-order valence-electron chi connectivity index (χ3n) is 2.51. The number of nitrogens with zero attached hydrogens (tertiary/aromatic N) is 1. The monoisotopic (exact) mass is 376 g/mol. The number of guanidine groups is 1. The summed E-state index contributed by atoms with van der Waals surface area (Å²) in [5.41, 5.74) is 1.17. The Kier molecular flexibility index (Phi) is 11.5. The maximum Gasteiger partial charge on any atom is 0.190 e. The zero-order chi connectivity index (χ0) is 13.1. The van der Waals surface area contributed by atoms with Crippen LogP contribution in [0.3, 0.4) is 0 Å². The van der Waals surface area contributed by atoms with Gasteiger partial charge in [-0.25, -0.2) is 0 Å². The Balaban J connectivity index is 0.00000324. The van der Waals surface area contributed by atoms with Crippen molar-refractivity contribution in [2.75, 3.05) is 32.0 Å². The fraction of sp³-hybridized carbons (Fsp3) is 0.500. The molecule has 0 amide bonds. The number of rotatable bonds is 7. The SMILES string of the molecule is CCCNC(=NC)NCCCNc1ccccc1.I. The van der Waals surface area contributed by atoms with E-state index >= 15 is 0 Å². The van der Waals surface area contributed by atoms with Crippen LogP contribution in [0.5, 0.6) is 0 Å². The van der Waals surface area contributed by atoms with Crippen molar-refractivity contribution in [1.82, 2.24) is 10.6 Å². The molecule has 0 atom stereocenters. The third kappa shape index (κ3) is 8.69. The van der Waals surface area contributed by atoms with E-state index in [1.807, 2.05) is 18.2 Å². The van der Waals surface area contributed by atoms with Gasteiger partial charge in [0, 0.05) is 32.4 Å². The first-order valence-corrected chi connectivity index (χ1v) is 6.60. The van der Waals surface area contributed by atoms with Crippen molar-refractivity contribution < 1.29 is 0 Å². The summed E-state index contributed by atoms with van der Waals surface area (Å²) in [7, 11) is 1.80. The summed E-state index contributed by atoms with van der Waals surface area (Å²) in [6.07, 6.45) is 2.16. The van der Waals surface area contributed by atoms with Gasteiger partial charge in [0.1, 0.15) is 0 Å². The Labute approximate surface area is 133 Å². The minimum atomic E-state index is 0. The van der Waals surface area contributed by atoms with Crippen molar-refractivity contribution in [1.29, 1.82) is 0 Å². The number of halogens is 1. The van der Waals surface area contributed by atoms with Gasteiger partial charge in [0.05, 0.1) is 0 Å². The number of hydrogen-bond donors (Lipinski definition) is 3. The summed E-state index contributed by atoms with van der Waals surface area (Å²) >= 11 is 0. The molecule has 1 aromatic carbocycles. The van der Waals surface area contributed by atoms with E-state index in [1.165, 1.54) is 5.69 Å². The second-order valence-electron chi connectivity index (χ2n) is 4.07. The molecule has 3 N–H and O–H groups in total. The largest absolute Gasteiger partial charge is 0.385 e. The number of aliphatic imine (C=N–C) groups is 1. The average molecular weight is 376 g/mol. The van der Waals surface area contributed by atoms with E-state index in [1.54, 1.807) is 7.05 Å². The number of anilines is 1. The molecule has 19 heavy (non-hydrogen) atoms. The fourth-order valence-electron chi connectivity index (χ4n) is 1.55. The molecule has 108 valence electrons. The van der Waals surface area contributed by atoms with Gasteiger partial charge in [-0.1, -0.05) is 25.1 Å². The lowest BCUT2D eigenvalue weighted by atomic mass is 10.3. The number of para-hydroxylation sites is 1. The number of nitrogens with one attached hydrogen (secondary N) is 3. The van der Waals surface area contributed by atoms with E-state index < -0.39 is 0 Å². The minimum Gasteiger partial charge on any atom is -0.385 e. The van der Waals surface area contributed by atoms with E-state index in [0.717, 1.165) is 38.4 Å². The molecule has 4 nitrogen and oxygen atoms in total. The van der Waals surface area contributed by atoms with Crippen LogP contribution in [-0.4, -0.2) is 32.6 Å². The normalized spacial score (nSPS) is 10.5. The first kappa shape index (κ1) is 18.0. The first-order valence-electron chi connectivity index (χ1n) is 6.60. The van der Waals surface area contributed by atoms with Crippen molar-refractivity contribution >= 4 is 35.6 Å². The zero-order valence-electron chi connectivity index (χ0n) is 11.8. The van der Waals surface area contributed by atoms with Crippen LogP contribution in [0.2, 0.25) is 0 Å². The fourth-order valence-corrected chi connectivity index (χ4v) is 1.55. The molecule has 0 aliphatic rings. The summed E-state index contributed by atoms with van der Waals surface area (Å²) in [6.45, 7) is 4.98. The Hall–Kier alpha value is -0.980. The number of benzene rings is 1. The molecule has 0 aliphatic heterocycles. The van der Waals surface area contributed by atoms with Gasteiger partial charge in [-0.15, -0.1) is 24.0 Å². The summed E-state index contributed by atoms with van der Waals surface area (Å²) in [4.78, 5) is 4.16. The van der Waals surface area contributed by atoms with Crippen molar-refractivity contribution in [2.24, 2.45) is 4.99 Å². The van der Waals surface area contributed by atoms with Gasteiger partial charge in [-0.3, -0.25) is 4.99 Å². The van der Waals surface area contributed by atoms with Gasteiger partial charge in [0.2, 0.25) is 0 Å². The lowest BCUT2D eigenvalue weighted by Gasteiger charge is -2.11. The molecule has 0 saturated heterocycles. The summed E-state index contributed by atoms with van der Waals surface area (Å²) in [6, 6.07) is 10.3. The summed E-state index contributed by atoms with van der Waals surface area (Å²) < 4.78 is 0. The summed E-state index contributed by atoms with van der Waals surface area (Å²) in [5, 5.41) is 9.91. The van der Waals surface area contributed by atoms with Gasteiger partial charge >= 0.3 is 0 Å². The zero-order valence-corrected chi connectivity index (χ0v) is 14.1. The molecule has 0 heterocycles. The Bertz CT molecular complexity index is 341. The molecule has 0 bridgehead atoms. The number of hydrogen-bond acceptors (Lipinski definition) is 2. The lowest BCUT2D eigenvalue weighted by molar-refractivity contribution is 0.751. The van der Waals surface area contributed by atoms with E-state index in [4.69, 9.17) is 0 Å². The quantitative estimate of drug-likeness (QED) is 0.297. The van der Waals surface area contributed by atoms with Crippen molar-refractivity contribution in [3.05, 3.63) is 30.3 Å². The third-order valence-corrected chi connectivity index (χ3v) is 2.51. The van der Waals surface area contributed by atoms with Crippen LogP contribution in [0.25, 0.3) is 0 Å². The molecule has 0 saturated carbocycles. The minimum absolute atomic E-state index is 0. The predicted octanol–water partition coefficient (Wildman–Crippen LogP) is 2.68. The molecule has 1 aromatic rings. The molecule has 0 unspecified atom stereocenters. The average Bonchev–Trinajstić information content (AvgIpc) is 2.43. The smallest absolute Gasteiger partial charge is 0.190 e. The first-order chi connectivity index (χ1) is 8.86. The van der Waals surface area contributed by atoms with Gasteiger partial charge in [-0.2, -0.15) is 0 Å². The highest BCUT2D eigenvalue weighted by Crippen LogP contribution is 2.03. The van der Waals surface area contributed by atoms with Crippen LogP contribution in [-0.2, 0) is 0 Å². The lowest BCUT2D eigenvalue weighted by Crippen LogP contribution is -2.38. The van der Waals surface area contributed by atoms with E-state index in [0.29, 0.717) is 0 Å². The molecule has 0 aromatic heterocycles. The van der Waals surface area contributed by atoms with Gasteiger partial charge in [-0.05, 0) is 25.0 Å². The van der Waals surface area contributed by atoms with Gasteiger partial charge < -0.3 is 16.0 Å². The highest BCUT2D eigenvalue weighted by atomic mass is 127. The maximum atomic E-state index is 4.16. The molecule has 5 heteroatoms.